The van der Waals surface area contributed by atoms with Gasteiger partial charge in [-0.15, -0.1) is 0 Å². The minimum Gasteiger partial charge on any atom is -0.386 e. The molecular formula is C47H40N2O6. The van der Waals surface area contributed by atoms with E-state index >= 15 is 0 Å². The summed E-state index contributed by atoms with van der Waals surface area (Å²) in [7, 11) is 0. The highest BCUT2D eigenvalue weighted by atomic mass is 16.6. The van der Waals surface area contributed by atoms with Crippen LogP contribution in [0.25, 0.3) is 0 Å². The molecule has 7 aromatic rings. The number of H-pyrrole nitrogens is 1. The van der Waals surface area contributed by atoms with E-state index in [0.29, 0.717) is 0 Å². The fraction of sp³-hybridized carbons (Fsp3) is 0.149. The first-order valence-corrected chi connectivity index (χ1v) is 18.3. The van der Waals surface area contributed by atoms with E-state index in [0.717, 1.165) is 33.4 Å². The Morgan fingerprint density at radius 2 is 0.909 bits per heavy atom. The van der Waals surface area contributed by atoms with E-state index < -0.39 is 47.0 Å². The van der Waals surface area contributed by atoms with Crippen molar-refractivity contribution in [3.05, 3.63) is 248 Å². The van der Waals surface area contributed by atoms with Crippen LogP contribution in [0, 0.1) is 0 Å². The van der Waals surface area contributed by atoms with Crippen molar-refractivity contribution in [2.75, 3.05) is 6.61 Å². The van der Waals surface area contributed by atoms with Gasteiger partial charge in [0.2, 0.25) is 0 Å². The molecular weight excluding hydrogens is 689 g/mol. The molecule has 8 nitrogen and oxygen atoms in total. The second-order valence-corrected chi connectivity index (χ2v) is 13.5. The Hall–Kier alpha value is -6.16. The van der Waals surface area contributed by atoms with Crippen LogP contribution in [0.15, 0.2) is 204 Å². The normalized spacial score (nSPS) is 18.6. The molecule has 1 fully saturated rings. The zero-order valence-corrected chi connectivity index (χ0v) is 29.9. The molecule has 8 rings (SSSR count). The molecule has 2 heterocycles. The summed E-state index contributed by atoms with van der Waals surface area (Å²) in [6.45, 7) is -0.0660. The molecule has 1 aliphatic heterocycles. The molecule has 8 heteroatoms. The summed E-state index contributed by atoms with van der Waals surface area (Å²) in [6, 6.07) is 60.8. The number of ether oxygens (including phenoxy) is 3. The lowest BCUT2D eigenvalue weighted by Gasteiger charge is -2.41. The lowest BCUT2D eigenvalue weighted by Crippen LogP contribution is -2.47. The van der Waals surface area contributed by atoms with Gasteiger partial charge in [-0.25, -0.2) is 4.79 Å². The maximum atomic E-state index is 13.3. The van der Waals surface area contributed by atoms with Crippen LogP contribution in [0.1, 0.15) is 39.6 Å². The van der Waals surface area contributed by atoms with Crippen LogP contribution in [0.3, 0.4) is 0 Å². The van der Waals surface area contributed by atoms with Gasteiger partial charge in [0.25, 0.3) is 5.56 Å². The van der Waals surface area contributed by atoms with Gasteiger partial charge in [-0.2, -0.15) is 0 Å². The average Bonchev–Trinajstić information content (AvgIpc) is 3.55. The molecule has 0 aliphatic carbocycles. The highest BCUT2D eigenvalue weighted by Crippen LogP contribution is 2.46. The molecule has 0 unspecified atom stereocenters. The van der Waals surface area contributed by atoms with Crippen molar-refractivity contribution in [1.82, 2.24) is 9.55 Å². The van der Waals surface area contributed by atoms with Crippen molar-refractivity contribution in [3.8, 4) is 0 Å². The van der Waals surface area contributed by atoms with Crippen molar-refractivity contribution in [1.29, 1.82) is 0 Å². The van der Waals surface area contributed by atoms with E-state index in [1.807, 2.05) is 182 Å². The van der Waals surface area contributed by atoms with E-state index in [-0.39, 0.29) is 6.61 Å². The number of aliphatic hydroxyl groups excluding tert-OH is 1. The molecule has 274 valence electrons. The summed E-state index contributed by atoms with van der Waals surface area (Å²) >= 11 is 0. The average molecular weight is 729 g/mol. The van der Waals surface area contributed by atoms with E-state index in [9.17, 15) is 14.7 Å². The van der Waals surface area contributed by atoms with E-state index in [1.54, 1.807) is 0 Å². The molecule has 1 aliphatic rings. The predicted octanol–water partition coefficient (Wildman–Crippen LogP) is 7.18. The third-order valence-corrected chi connectivity index (χ3v) is 10.3. The number of rotatable bonds is 12. The first-order chi connectivity index (χ1) is 27.0. The molecule has 2 N–H and O–H groups in total. The number of hydrogen-bond acceptors (Lipinski definition) is 6. The molecule has 0 bridgehead atoms. The van der Waals surface area contributed by atoms with Crippen LogP contribution in [0.4, 0.5) is 0 Å². The molecule has 55 heavy (non-hydrogen) atoms. The fourth-order valence-corrected chi connectivity index (χ4v) is 7.76. The standard InChI is InChI=1S/C47H40N2O6/c50-41-31-32-49(45(52)48-41)44-42(51)43(55-47(37-25-13-4-14-26-37,38-27-15-5-16-28-38)39-29-17-6-18-30-39)40(54-44)33-53-46(34-19-7-1-8-20-34,35-21-9-2-10-22-35)36-23-11-3-12-24-36/h1-32,40,42-44,51H,33H2,(H,48,50,52)/t40-,42-,43-,44-/m1/s1. The van der Waals surface area contributed by atoms with Gasteiger partial charge in [-0.3, -0.25) is 14.3 Å². The molecule has 1 aromatic heterocycles. The number of nitrogens with one attached hydrogen (secondary N) is 1. The second kappa shape index (κ2) is 15.7. The second-order valence-electron chi connectivity index (χ2n) is 13.5. The third-order valence-electron chi connectivity index (χ3n) is 10.3. The number of hydrogen-bond donors (Lipinski definition) is 2. The Bertz CT molecular complexity index is 2210. The molecule has 0 radical (unpaired) electrons. The van der Waals surface area contributed by atoms with Gasteiger partial charge in [-0.1, -0.05) is 182 Å². The summed E-state index contributed by atoms with van der Waals surface area (Å²) in [5.41, 5.74) is 1.54. The first-order valence-electron chi connectivity index (χ1n) is 18.3. The maximum absolute atomic E-state index is 13.3. The van der Waals surface area contributed by atoms with Crippen LogP contribution in [-0.4, -0.2) is 39.6 Å². The third kappa shape index (κ3) is 6.77. The van der Waals surface area contributed by atoms with Gasteiger partial charge in [0.1, 0.15) is 29.5 Å². The number of benzene rings is 6. The summed E-state index contributed by atoms with van der Waals surface area (Å²) < 4.78 is 22.6. The largest absolute Gasteiger partial charge is 0.386 e. The topological polar surface area (TPSA) is 103 Å². The summed E-state index contributed by atoms with van der Waals surface area (Å²) in [5, 5.41) is 12.4. The van der Waals surface area contributed by atoms with Crippen molar-refractivity contribution >= 4 is 0 Å². The smallest absolute Gasteiger partial charge is 0.330 e. The predicted molar refractivity (Wildman–Crippen MR) is 210 cm³/mol. The van der Waals surface area contributed by atoms with Crippen LogP contribution in [-0.2, 0) is 25.4 Å². The molecule has 0 amide bonds. The minimum absolute atomic E-state index is 0.0660. The maximum Gasteiger partial charge on any atom is 0.330 e. The summed E-state index contributed by atoms with van der Waals surface area (Å²) in [5.74, 6) is 0. The molecule has 1 saturated heterocycles. The van der Waals surface area contributed by atoms with Gasteiger partial charge in [0.15, 0.2) is 6.23 Å². The summed E-state index contributed by atoms with van der Waals surface area (Å²) in [4.78, 5) is 27.7. The highest BCUT2D eigenvalue weighted by Gasteiger charge is 2.52. The summed E-state index contributed by atoms with van der Waals surface area (Å²) in [6.07, 6.45) is -3.26. The number of aromatic amines is 1. The Balaban J connectivity index is 1.30. The fourth-order valence-electron chi connectivity index (χ4n) is 7.76. The Morgan fingerprint density at radius 1 is 0.545 bits per heavy atom. The van der Waals surface area contributed by atoms with Gasteiger partial charge in [-0.05, 0) is 33.4 Å². The quantitative estimate of drug-likeness (QED) is 0.129. The van der Waals surface area contributed by atoms with Crippen molar-refractivity contribution in [2.24, 2.45) is 0 Å². The van der Waals surface area contributed by atoms with E-state index in [4.69, 9.17) is 14.2 Å². The first kappa shape index (κ1) is 35.8. The Kier molecular flexibility index (Phi) is 10.2. The van der Waals surface area contributed by atoms with Crippen LogP contribution in [0.5, 0.6) is 0 Å². The number of nitrogens with zero attached hydrogens (tertiary/aromatic N) is 1. The monoisotopic (exact) mass is 728 g/mol. The van der Waals surface area contributed by atoms with Crippen molar-refractivity contribution in [3.63, 3.8) is 0 Å². The Labute approximate surface area is 318 Å². The lowest BCUT2D eigenvalue weighted by atomic mass is 9.79. The lowest BCUT2D eigenvalue weighted by molar-refractivity contribution is -0.131. The van der Waals surface area contributed by atoms with Crippen LogP contribution < -0.4 is 11.2 Å². The number of aromatic nitrogens is 2. The van der Waals surface area contributed by atoms with Gasteiger partial charge < -0.3 is 19.3 Å². The van der Waals surface area contributed by atoms with E-state index in [2.05, 4.69) is 4.98 Å². The molecule has 6 aromatic carbocycles. The molecule has 0 saturated carbocycles. The van der Waals surface area contributed by atoms with Gasteiger partial charge in [0.05, 0.1) is 6.61 Å². The van der Waals surface area contributed by atoms with Gasteiger partial charge in [0, 0.05) is 12.3 Å². The number of aliphatic hydroxyl groups is 1. The van der Waals surface area contributed by atoms with Gasteiger partial charge >= 0.3 is 5.69 Å². The molecule has 4 atom stereocenters. The zero-order valence-electron chi connectivity index (χ0n) is 29.9. The Morgan fingerprint density at radius 3 is 1.27 bits per heavy atom. The van der Waals surface area contributed by atoms with Crippen molar-refractivity contribution in [2.45, 2.75) is 35.7 Å². The van der Waals surface area contributed by atoms with Crippen LogP contribution >= 0.6 is 0 Å². The minimum atomic E-state index is -1.38. The SMILES string of the molecule is O=c1ccn([C@@H]2O[C@H](COC(c3ccccc3)(c3ccccc3)c3ccccc3)[C@@H](OC(c3ccccc3)(c3ccccc3)c3ccccc3)[C@H]2O)c(=O)[nH]1. The van der Waals surface area contributed by atoms with Crippen molar-refractivity contribution < 1.29 is 19.3 Å². The molecule has 0 spiro atoms. The zero-order chi connectivity index (χ0) is 37.7. The highest BCUT2D eigenvalue weighted by molar-refractivity contribution is 5.49. The van der Waals surface area contributed by atoms with Crippen LogP contribution in [0.2, 0.25) is 0 Å². The van der Waals surface area contributed by atoms with E-state index in [1.165, 1.54) is 16.8 Å².